The van der Waals surface area contributed by atoms with E-state index in [4.69, 9.17) is 11.6 Å². The van der Waals surface area contributed by atoms with Gasteiger partial charge in [0.05, 0.1) is 6.20 Å². The van der Waals surface area contributed by atoms with Crippen LogP contribution in [0.25, 0.3) is 0 Å². The smallest absolute Gasteiger partial charge is 0.224 e. The molecule has 1 N–H and O–H groups in total. The molecule has 1 heterocycles. The highest BCUT2D eigenvalue weighted by Gasteiger charge is 2.25. The molecule has 0 aliphatic heterocycles. The van der Waals surface area contributed by atoms with Crippen molar-refractivity contribution in [2.24, 2.45) is 11.8 Å². The number of nitrogens with one attached hydrogen (secondary N) is 1. The van der Waals surface area contributed by atoms with Crippen LogP contribution in [0, 0.1) is 17.7 Å². The number of hydrogen-bond acceptors (Lipinski definition) is 3. The van der Waals surface area contributed by atoms with Crippen LogP contribution in [0.2, 0.25) is 5.28 Å². The fourth-order valence-electron chi connectivity index (χ4n) is 2.32. The normalized spacial score (nSPS) is 29.1. The molecule has 1 aromatic heterocycles. The first-order valence-corrected chi connectivity index (χ1v) is 6.38. The van der Waals surface area contributed by atoms with Gasteiger partial charge < -0.3 is 5.32 Å². The van der Waals surface area contributed by atoms with E-state index in [0.29, 0.717) is 5.92 Å². The molecule has 94 valence electrons. The maximum absolute atomic E-state index is 13.5. The van der Waals surface area contributed by atoms with Crippen molar-refractivity contribution in [2.75, 3.05) is 5.32 Å². The zero-order chi connectivity index (χ0) is 12.4. The fraction of sp³-hybridized carbons (Fsp3) is 0.667. The van der Waals surface area contributed by atoms with Gasteiger partial charge in [-0.05, 0) is 42.7 Å². The minimum Gasteiger partial charge on any atom is -0.365 e. The number of nitrogens with zero attached hydrogens (tertiary/aromatic N) is 2. The zero-order valence-electron chi connectivity index (χ0n) is 10.1. The van der Waals surface area contributed by atoms with E-state index in [9.17, 15) is 4.39 Å². The Bertz CT molecular complexity index is 399. The molecule has 1 saturated carbocycles. The molecule has 1 aliphatic rings. The van der Waals surface area contributed by atoms with Crippen LogP contribution in [-0.4, -0.2) is 16.0 Å². The van der Waals surface area contributed by atoms with Crippen molar-refractivity contribution in [2.45, 2.75) is 39.2 Å². The van der Waals surface area contributed by atoms with Crippen LogP contribution >= 0.6 is 11.6 Å². The maximum Gasteiger partial charge on any atom is 0.224 e. The average Bonchev–Trinajstić information content (AvgIpc) is 2.29. The predicted octanol–water partition coefficient (Wildman–Crippen LogP) is 3.51. The van der Waals surface area contributed by atoms with Gasteiger partial charge in [-0.25, -0.2) is 9.37 Å². The second kappa shape index (κ2) is 5.17. The standard InChI is InChI=1S/C12H17ClFN3/c1-7-3-4-9(5-8(7)2)16-11-10(14)6-15-12(13)17-11/h6-9H,3-5H2,1-2H3,(H,15,16,17). The molecule has 5 heteroatoms. The maximum atomic E-state index is 13.5. The van der Waals surface area contributed by atoms with Crippen molar-refractivity contribution in [3.05, 3.63) is 17.3 Å². The van der Waals surface area contributed by atoms with E-state index in [2.05, 4.69) is 29.1 Å². The third kappa shape index (κ3) is 3.06. The molecule has 1 aliphatic carbocycles. The monoisotopic (exact) mass is 257 g/mol. The van der Waals surface area contributed by atoms with Crippen molar-refractivity contribution >= 4 is 17.4 Å². The lowest BCUT2D eigenvalue weighted by Crippen LogP contribution is -2.31. The number of hydrogen-bond donors (Lipinski definition) is 1. The molecule has 0 aromatic carbocycles. The highest BCUT2D eigenvalue weighted by atomic mass is 35.5. The lowest BCUT2D eigenvalue weighted by Gasteiger charge is -2.32. The molecule has 0 saturated heterocycles. The van der Waals surface area contributed by atoms with Crippen LogP contribution in [0.5, 0.6) is 0 Å². The van der Waals surface area contributed by atoms with Crippen LogP contribution in [0.1, 0.15) is 33.1 Å². The van der Waals surface area contributed by atoms with E-state index < -0.39 is 5.82 Å². The Balaban J connectivity index is 2.03. The van der Waals surface area contributed by atoms with Gasteiger partial charge in [0, 0.05) is 6.04 Å². The summed E-state index contributed by atoms with van der Waals surface area (Å²) >= 11 is 5.66. The largest absolute Gasteiger partial charge is 0.365 e. The van der Waals surface area contributed by atoms with Gasteiger partial charge in [-0.1, -0.05) is 13.8 Å². The van der Waals surface area contributed by atoms with Gasteiger partial charge in [0.1, 0.15) is 0 Å². The number of aromatic nitrogens is 2. The van der Waals surface area contributed by atoms with Crippen molar-refractivity contribution in [1.29, 1.82) is 0 Å². The molecule has 3 nitrogen and oxygen atoms in total. The molecular weight excluding hydrogens is 241 g/mol. The number of anilines is 1. The SMILES string of the molecule is CC1CCC(Nc2nc(Cl)ncc2F)CC1C. The molecule has 0 radical (unpaired) electrons. The lowest BCUT2D eigenvalue weighted by molar-refractivity contribution is 0.260. The van der Waals surface area contributed by atoms with E-state index in [1.54, 1.807) is 0 Å². The van der Waals surface area contributed by atoms with Gasteiger partial charge in [-0.3, -0.25) is 0 Å². The van der Waals surface area contributed by atoms with Crippen LogP contribution in [-0.2, 0) is 0 Å². The number of rotatable bonds is 2. The van der Waals surface area contributed by atoms with Crippen LogP contribution in [0.4, 0.5) is 10.2 Å². The van der Waals surface area contributed by atoms with Gasteiger partial charge in [0.25, 0.3) is 0 Å². The summed E-state index contributed by atoms with van der Waals surface area (Å²) in [5.74, 6) is 1.17. The topological polar surface area (TPSA) is 37.8 Å². The summed E-state index contributed by atoms with van der Waals surface area (Å²) < 4.78 is 13.5. The average molecular weight is 258 g/mol. The first kappa shape index (κ1) is 12.6. The van der Waals surface area contributed by atoms with E-state index in [0.717, 1.165) is 25.0 Å². The molecule has 17 heavy (non-hydrogen) atoms. The van der Waals surface area contributed by atoms with Gasteiger partial charge >= 0.3 is 0 Å². The van der Waals surface area contributed by atoms with Crippen molar-refractivity contribution < 1.29 is 4.39 Å². The van der Waals surface area contributed by atoms with Crippen molar-refractivity contribution in [3.63, 3.8) is 0 Å². The van der Waals surface area contributed by atoms with Crippen LogP contribution in [0.3, 0.4) is 0 Å². The third-order valence-corrected chi connectivity index (χ3v) is 3.84. The van der Waals surface area contributed by atoms with Crippen LogP contribution in [0.15, 0.2) is 6.20 Å². The summed E-state index contributed by atoms with van der Waals surface area (Å²) in [6.07, 6.45) is 4.36. The van der Waals surface area contributed by atoms with Crippen molar-refractivity contribution in [3.8, 4) is 0 Å². The highest BCUT2D eigenvalue weighted by Crippen LogP contribution is 2.31. The third-order valence-electron chi connectivity index (χ3n) is 3.65. The first-order chi connectivity index (χ1) is 8.06. The van der Waals surface area contributed by atoms with Gasteiger partial charge in [0.15, 0.2) is 11.6 Å². The molecule has 1 aromatic rings. The predicted molar refractivity (Wildman–Crippen MR) is 66.6 cm³/mol. The Labute approximate surface area is 106 Å². The molecule has 0 bridgehead atoms. The Morgan fingerprint density at radius 2 is 2.12 bits per heavy atom. The van der Waals surface area contributed by atoms with Crippen molar-refractivity contribution in [1.82, 2.24) is 9.97 Å². The van der Waals surface area contributed by atoms with E-state index in [1.165, 1.54) is 6.42 Å². The molecule has 0 spiro atoms. The molecular formula is C12H17ClFN3. The van der Waals surface area contributed by atoms with Gasteiger partial charge in [-0.2, -0.15) is 4.98 Å². The quantitative estimate of drug-likeness (QED) is 0.824. The van der Waals surface area contributed by atoms with E-state index in [1.807, 2.05) is 0 Å². The Morgan fingerprint density at radius 3 is 2.82 bits per heavy atom. The summed E-state index contributed by atoms with van der Waals surface area (Å²) in [4.78, 5) is 7.48. The van der Waals surface area contributed by atoms with E-state index in [-0.39, 0.29) is 17.1 Å². The van der Waals surface area contributed by atoms with Crippen LogP contribution < -0.4 is 5.32 Å². The Kier molecular flexibility index (Phi) is 3.82. The Morgan fingerprint density at radius 1 is 1.35 bits per heavy atom. The van der Waals surface area contributed by atoms with Gasteiger partial charge in [0.2, 0.25) is 5.28 Å². The minimum absolute atomic E-state index is 0.0751. The summed E-state index contributed by atoms with van der Waals surface area (Å²) in [7, 11) is 0. The highest BCUT2D eigenvalue weighted by molar-refractivity contribution is 6.28. The second-order valence-electron chi connectivity index (χ2n) is 4.94. The summed E-state index contributed by atoms with van der Waals surface area (Å²) in [6.45, 7) is 4.50. The zero-order valence-corrected chi connectivity index (χ0v) is 10.8. The molecule has 2 rings (SSSR count). The molecule has 1 fully saturated rings. The van der Waals surface area contributed by atoms with E-state index >= 15 is 0 Å². The van der Waals surface area contributed by atoms with Gasteiger partial charge in [-0.15, -0.1) is 0 Å². The fourth-order valence-corrected chi connectivity index (χ4v) is 2.45. The molecule has 3 unspecified atom stereocenters. The summed E-state index contributed by atoms with van der Waals surface area (Å²) in [5, 5.41) is 3.21. The number of halogens is 2. The summed E-state index contributed by atoms with van der Waals surface area (Å²) in [5.41, 5.74) is 0. The first-order valence-electron chi connectivity index (χ1n) is 6.01. The lowest BCUT2D eigenvalue weighted by atomic mass is 9.79. The Hall–Kier alpha value is -0.900. The molecule has 0 amide bonds. The minimum atomic E-state index is -0.444. The summed E-state index contributed by atoms with van der Waals surface area (Å²) in [6, 6.07) is 0.279. The molecule has 3 atom stereocenters. The second-order valence-corrected chi connectivity index (χ2v) is 5.28.